The molecule has 0 heterocycles. The number of alkyl halides is 6. The van der Waals surface area contributed by atoms with E-state index in [1.54, 1.807) is 0 Å². The standard InChI is InChI=1S/C12H11Cl2F6N/c1-2-21-9(6-4-3-5-7(13)8(6)14)10(11(15,16)17)12(18,19)20/h3-5,9-10,21H,2H2,1H3. The second kappa shape index (κ2) is 6.62. The van der Waals surface area contributed by atoms with Gasteiger partial charge in [0.15, 0.2) is 5.92 Å². The van der Waals surface area contributed by atoms with Crippen molar-refractivity contribution in [2.45, 2.75) is 25.3 Å². The van der Waals surface area contributed by atoms with E-state index in [0.717, 1.165) is 6.07 Å². The molecule has 0 saturated heterocycles. The van der Waals surface area contributed by atoms with Crippen molar-refractivity contribution >= 4 is 23.2 Å². The van der Waals surface area contributed by atoms with Crippen molar-refractivity contribution in [3.63, 3.8) is 0 Å². The van der Waals surface area contributed by atoms with Crippen LogP contribution in [0.15, 0.2) is 18.2 Å². The topological polar surface area (TPSA) is 12.0 Å². The van der Waals surface area contributed by atoms with Crippen LogP contribution >= 0.6 is 23.2 Å². The van der Waals surface area contributed by atoms with E-state index >= 15 is 0 Å². The highest BCUT2D eigenvalue weighted by Crippen LogP contribution is 2.48. The lowest BCUT2D eigenvalue weighted by molar-refractivity contribution is -0.292. The number of hydrogen-bond acceptors (Lipinski definition) is 1. The Morgan fingerprint density at radius 1 is 1.05 bits per heavy atom. The van der Waals surface area contributed by atoms with Gasteiger partial charge in [0, 0.05) is 0 Å². The first-order valence-corrected chi connectivity index (χ1v) is 6.56. The lowest BCUT2D eigenvalue weighted by Crippen LogP contribution is -2.46. The monoisotopic (exact) mass is 353 g/mol. The molecule has 9 heteroatoms. The molecule has 1 aromatic rings. The number of rotatable bonds is 4. The van der Waals surface area contributed by atoms with Crippen LogP contribution in [0.2, 0.25) is 10.0 Å². The van der Waals surface area contributed by atoms with Gasteiger partial charge in [-0.25, -0.2) is 0 Å². The van der Waals surface area contributed by atoms with E-state index in [2.05, 4.69) is 5.32 Å². The molecule has 1 aromatic carbocycles. The molecule has 0 aliphatic heterocycles. The molecule has 0 radical (unpaired) electrons. The Kier molecular flexibility index (Phi) is 5.80. The van der Waals surface area contributed by atoms with Crippen LogP contribution < -0.4 is 5.32 Å². The van der Waals surface area contributed by atoms with Crippen LogP contribution in [0.3, 0.4) is 0 Å². The molecule has 1 nitrogen and oxygen atoms in total. The molecule has 0 aliphatic carbocycles. The molecule has 0 fully saturated rings. The Morgan fingerprint density at radius 3 is 2.00 bits per heavy atom. The molecule has 0 aromatic heterocycles. The van der Waals surface area contributed by atoms with Gasteiger partial charge < -0.3 is 5.32 Å². The average Bonchev–Trinajstić information content (AvgIpc) is 2.28. The Morgan fingerprint density at radius 2 is 1.57 bits per heavy atom. The van der Waals surface area contributed by atoms with Gasteiger partial charge in [0.1, 0.15) is 0 Å². The molecule has 0 amide bonds. The predicted octanol–water partition coefficient (Wildman–Crippen LogP) is 5.38. The van der Waals surface area contributed by atoms with Crippen molar-refractivity contribution in [2.75, 3.05) is 6.54 Å². The maximum absolute atomic E-state index is 12.9. The van der Waals surface area contributed by atoms with Gasteiger partial charge in [0.25, 0.3) is 0 Å². The normalized spacial score (nSPS) is 14.6. The molecular weight excluding hydrogens is 343 g/mol. The van der Waals surface area contributed by atoms with Gasteiger partial charge in [-0.15, -0.1) is 0 Å². The van der Waals surface area contributed by atoms with E-state index in [1.807, 2.05) is 0 Å². The Labute approximate surface area is 127 Å². The number of benzene rings is 1. The SMILES string of the molecule is CCNC(c1cccc(Cl)c1Cl)C(C(F)(F)F)C(F)(F)F. The predicted molar refractivity (Wildman–Crippen MR) is 68.5 cm³/mol. The quantitative estimate of drug-likeness (QED) is 0.716. The molecule has 120 valence electrons. The number of hydrogen-bond donors (Lipinski definition) is 1. The average molecular weight is 354 g/mol. The highest BCUT2D eigenvalue weighted by molar-refractivity contribution is 6.42. The minimum Gasteiger partial charge on any atom is -0.309 e. The first kappa shape index (κ1) is 18.4. The summed E-state index contributed by atoms with van der Waals surface area (Å²) in [6, 6.07) is 1.55. The van der Waals surface area contributed by atoms with Crippen LogP contribution in [0.1, 0.15) is 18.5 Å². The van der Waals surface area contributed by atoms with Crippen molar-refractivity contribution in [1.29, 1.82) is 0 Å². The fraction of sp³-hybridized carbons (Fsp3) is 0.500. The highest BCUT2D eigenvalue weighted by atomic mass is 35.5. The van der Waals surface area contributed by atoms with Crippen LogP contribution in [0.25, 0.3) is 0 Å². The maximum atomic E-state index is 12.9. The Bertz CT molecular complexity index is 472. The van der Waals surface area contributed by atoms with Gasteiger partial charge in [-0.05, 0) is 18.2 Å². The summed E-state index contributed by atoms with van der Waals surface area (Å²) in [5.41, 5.74) is -0.342. The van der Waals surface area contributed by atoms with Gasteiger partial charge in [-0.1, -0.05) is 42.3 Å². The Hall–Kier alpha value is -0.660. The summed E-state index contributed by atoms with van der Waals surface area (Å²) in [5, 5.41) is 1.76. The van der Waals surface area contributed by atoms with E-state index in [1.165, 1.54) is 19.1 Å². The zero-order chi connectivity index (χ0) is 16.4. The van der Waals surface area contributed by atoms with E-state index in [0.29, 0.717) is 0 Å². The fourth-order valence-electron chi connectivity index (χ4n) is 1.95. The third-order valence-electron chi connectivity index (χ3n) is 2.78. The lowest BCUT2D eigenvalue weighted by Gasteiger charge is -2.32. The third-order valence-corrected chi connectivity index (χ3v) is 3.61. The van der Waals surface area contributed by atoms with Crippen LogP contribution in [0, 0.1) is 5.92 Å². The summed E-state index contributed by atoms with van der Waals surface area (Å²) in [6.07, 6.45) is -11.0. The van der Waals surface area contributed by atoms with E-state index in [4.69, 9.17) is 23.2 Å². The summed E-state index contributed by atoms with van der Waals surface area (Å²) in [5.74, 6) is -3.58. The smallest absolute Gasteiger partial charge is 0.309 e. The number of nitrogens with one attached hydrogen (secondary N) is 1. The van der Waals surface area contributed by atoms with Gasteiger partial charge in [0.05, 0.1) is 16.1 Å². The van der Waals surface area contributed by atoms with Crippen molar-refractivity contribution in [1.82, 2.24) is 5.32 Å². The van der Waals surface area contributed by atoms with Crippen LogP contribution in [0.5, 0.6) is 0 Å². The van der Waals surface area contributed by atoms with Crippen molar-refractivity contribution < 1.29 is 26.3 Å². The summed E-state index contributed by atoms with van der Waals surface area (Å²) in [7, 11) is 0. The lowest BCUT2D eigenvalue weighted by atomic mass is 9.91. The highest BCUT2D eigenvalue weighted by Gasteiger charge is 2.60. The first-order valence-electron chi connectivity index (χ1n) is 5.80. The molecule has 1 N–H and O–H groups in total. The van der Waals surface area contributed by atoms with Crippen molar-refractivity contribution in [3.8, 4) is 0 Å². The molecule has 1 unspecified atom stereocenters. The molecule has 1 atom stereocenters. The van der Waals surface area contributed by atoms with Gasteiger partial charge in [-0.2, -0.15) is 26.3 Å². The molecule has 0 saturated carbocycles. The minimum atomic E-state index is -5.48. The minimum absolute atomic E-state index is 0.101. The van der Waals surface area contributed by atoms with Crippen LogP contribution in [-0.2, 0) is 0 Å². The summed E-state index contributed by atoms with van der Waals surface area (Å²) in [4.78, 5) is 0. The first-order chi connectivity index (χ1) is 9.50. The summed E-state index contributed by atoms with van der Waals surface area (Å²) >= 11 is 11.4. The Balaban J connectivity index is 3.42. The third kappa shape index (κ3) is 4.40. The van der Waals surface area contributed by atoms with Crippen LogP contribution in [-0.4, -0.2) is 18.9 Å². The van der Waals surface area contributed by atoms with E-state index in [-0.39, 0.29) is 22.2 Å². The van der Waals surface area contributed by atoms with Crippen LogP contribution in [0.4, 0.5) is 26.3 Å². The van der Waals surface area contributed by atoms with Crippen molar-refractivity contribution in [3.05, 3.63) is 33.8 Å². The zero-order valence-corrected chi connectivity index (χ0v) is 12.1. The summed E-state index contributed by atoms with van der Waals surface area (Å²) < 4.78 is 77.2. The maximum Gasteiger partial charge on any atom is 0.402 e. The molecular formula is C12H11Cl2F6N. The van der Waals surface area contributed by atoms with Gasteiger partial charge in [0.2, 0.25) is 0 Å². The van der Waals surface area contributed by atoms with Crippen molar-refractivity contribution in [2.24, 2.45) is 5.92 Å². The van der Waals surface area contributed by atoms with E-state index in [9.17, 15) is 26.3 Å². The number of halogens is 8. The molecule has 0 aliphatic rings. The van der Waals surface area contributed by atoms with Gasteiger partial charge >= 0.3 is 12.4 Å². The van der Waals surface area contributed by atoms with E-state index < -0.39 is 24.3 Å². The molecule has 0 bridgehead atoms. The summed E-state index contributed by atoms with van der Waals surface area (Å²) in [6.45, 7) is 1.30. The molecule has 0 spiro atoms. The van der Waals surface area contributed by atoms with Gasteiger partial charge in [-0.3, -0.25) is 0 Å². The second-order valence-electron chi connectivity index (χ2n) is 4.24. The second-order valence-corrected chi connectivity index (χ2v) is 5.02. The fourth-order valence-corrected chi connectivity index (χ4v) is 2.38. The largest absolute Gasteiger partial charge is 0.402 e. The zero-order valence-electron chi connectivity index (χ0n) is 10.6. The molecule has 21 heavy (non-hydrogen) atoms. The molecule has 1 rings (SSSR count).